The van der Waals surface area contributed by atoms with Crippen LogP contribution in [0.15, 0.2) is 34.7 Å². The van der Waals surface area contributed by atoms with E-state index >= 15 is 0 Å². The van der Waals surface area contributed by atoms with Crippen molar-refractivity contribution >= 4 is 11.5 Å². The first-order chi connectivity index (χ1) is 7.58. The van der Waals surface area contributed by atoms with Gasteiger partial charge in [-0.3, -0.25) is 4.79 Å². The molecular weight excluding hydrogens is 209 g/mol. The van der Waals surface area contributed by atoms with E-state index in [9.17, 15) is 9.18 Å². The van der Waals surface area contributed by atoms with E-state index in [1.807, 2.05) is 0 Å². The van der Waals surface area contributed by atoms with Gasteiger partial charge in [0.2, 0.25) is 5.78 Å². The quantitative estimate of drug-likeness (QED) is 0.623. The summed E-state index contributed by atoms with van der Waals surface area (Å²) < 4.78 is 18.1. The molecule has 1 aromatic carbocycles. The Balaban J connectivity index is 2.38. The lowest BCUT2D eigenvalue weighted by Gasteiger charge is -2.00. The first kappa shape index (κ1) is 10.4. The topological polar surface area (TPSA) is 56.2 Å². The lowest BCUT2D eigenvalue weighted by Crippen LogP contribution is -2.01. The Morgan fingerprint density at radius 2 is 2.06 bits per heavy atom. The molecule has 0 bridgehead atoms. The molecule has 82 valence electrons. The average molecular weight is 219 g/mol. The van der Waals surface area contributed by atoms with Crippen LogP contribution in [0.3, 0.4) is 0 Å². The lowest BCUT2D eigenvalue weighted by molar-refractivity contribution is 0.101. The van der Waals surface area contributed by atoms with Gasteiger partial charge in [-0.25, -0.2) is 4.39 Å². The van der Waals surface area contributed by atoms with Crippen molar-refractivity contribution < 1.29 is 13.6 Å². The van der Waals surface area contributed by atoms with E-state index in [1.54, 1.807) is 19.1 Å². The van der Waals surface area contributed by atoms with Gasteiger partial charge in [0.05, 0.1) is 5.69 Å². The van der Waals surface area contributed by atoms with E-state index in [0.29, 0.717) is 11.3 Å². The fraction of sp³-hybridized carbons (Fsp3) is 0.0833. The fourth-order valence-electron chi connectivity index (χ4n) is 1.38. The summed E-state index contributed by atoms with van der Waals surface area (Å²) in [5.74, 6) is 0.0360. The molecule has 0 fully saturated rings. The highest BCUT2D eigenvalue weighted by molar-refractivity contribution is 6.07. The largest absolute Gasteiger partial charge is 0.458 e. The molecule has 16 heavy (non-hydrogen) atoms. The molecule has 1 aromatic heterocycles. The van der Waals surface area contributed by atoms with Gasteiger partial charge in [-0.15, -0.1) is 0 Å². The van der Waals surface area contributed by atoms with Crippen LogP contribution in [0.5, 0.6) is 0 Å². The summed E-state index contributed by atoms with van der Waals surface area (Å²) in [6, 6.07) is 7.12. The second kappa shape index (κ2) is 3.81. The average Bonchev–Trinajstić information content (AvgIpc) is 2.68. The maximum Gasteiger partial charge on any atom is 0.228 e. The Morgan fingerprint density at radius 3 is 2.62 bits per heavy atom. The number of carbonyl (C=O) groups excluding carboxylic acids is 1. The summed E-state index contributed by atoms with van der Waals surface area (Å²) in [5, 5.41) is 0. The van der Waals surface area contributed by atoms with Crippen molar-refractivity contribution in [2.45, 2.75) is 6.92 Å². The lowest BCUT2D eigenvalue weighted by atomic mass is 10.1. The number of aryl methyl sites for hydroxylation is 1. The third-order valence-corrected chi connectivity index (χ3v) is 2.22. The Morgan fingerprint density at radius 1 is 1.31 bits per heavy atom. The first-order valence-corrected chi connectivity index (χ1v) is 4.74. The number of rotatable bonds is 2. The first-order valence-electron chi connectivity index (χ1n) is 4.74. The van der Waals surface area contributed by atoms with Crippen molar-refractivity contribution in [3.8, 4) is 0 Å². The highest BCUT2D eigenvalue weighted by atomic mass is 19.1. The van der Waals surface area contributed by atoms with Crippen LogP contribution in [0.25, 0.3) is 0 Å². The maximum absolute atomic E-state index is 12.9. The molecule has 0 amide bonds. The summed E-state index contributed by atoms with van der Waals surface area (Å²) in [6.45, 7) is 1.75. The highest BCUT2D eigenvalue weighted by Crippen LogP contribution is 2.17. The molecule has 0 atom stereocenters. The van der Waals surface area contributed by atoms with E-state index in [0.717, 1.165) is 0 Å². The van der Waals surface area contributed by atoms with E-state index in [4.69, 9.17) is 10.2 Å². The summed E-state index contributed by atoms with van der Waals surface area (Å²) in [5.41, 5.74) is 5.65. The van der Waals surface area contributed by atoms with Gasteiger partial charge in [-0.05, 0) is 37.3 Å². The Labute approximate surface area is 91.7 Å². The number of nitrogen functional groups attached to an aromatic ring is 1. The number of ketones is 1. The summed E-state index contributed by atoms with van der Waals surface area (Å²) in [6.07, 6.45) is 0. The van der Waals surface area contributed by atoms with E-state index in [-0.39, 0.29) is 17.2 Å². The zero-order chi connectivity index (χ0) is 11.7. The van der Waals surface area contributed by atoms with Crippen molar-refractivity contribution in [3.63, 3.8) is 0 Å². The summed E-state index contributed by atoms with van der Waals surface area (Å²) in [4.78, 5) is 11.9. The Bertz CT molecular complexity index is 546. The number of hydrogen-bond acceptors (Lipinski definition) is 3. The van der Waals surface area contributed by atoms with Gasteiger partial charge in [0.25, 0.3) is 0 Å². The zero-order valence-corrected chi connectivity index (χ0v) is 8.66. The molecule has 3 nitrogen and oxygen atoms in total. The van der Waals surface area contributed by atoms with Crippen LogP contribution in [-0.4, -0.2) is 5.78 Å². The predicted molar refractivity (Wildman–Crippen MR) is 57.7 cm³/mol. The standard InChI is InChI=1S/C12H10FNO2/c1-7-2-5-11(16-7)12(15)8-3-4-9(13)10(14)6-8/h2-6H,14H2,1H3. The molecule has 0 aliphatic rings. The fourth-order valence-corrected chi connectivity index (χ4v) is 1.38. The number of anilines is 1. The van der Waals surface area contributed by atoms with Gasteiger partial charge in [0.15, 0.2) is 5.76 Å². The van der Waals surface area contributed by atoms with Crippen molar-refractivity contribution in [2.75, 3.05) is 5.73 Å². The van der Waals surface area contributed by atoms with Gasteiger partial charge in [-0.2, -0.15) is 0 Å². The number of carbonyl (C=O) groups is 1. The number of halogens is 1. The minimum atomic E-state index is -0.535. The van der Waals surface area contributed by atoms with Crippen molar-refractivity contribution in [3.05, 3.63) is 53.2 Å². The second-order valence-electron chi connectivity index (χ2n) is 3.48. The van der Waals surface area contributed by atoms with Gasteiger partial charge in [0.1, 0.15) is 11.6 Å². The molecule has 0 saturated heterocycles. The number of furan rings is 1. The van der Waals surface area contributed by atoms with Crippen LogP contribution in [0, 0.1) is 12.7 Å². The van der Waals surface area contributed by atoms with Crippen LogP contribution in [-0.2, 0) is 0 Å². The van der Waals surface area contributed by atoms with Crippen molar-refractivity contribution in [2.24, 2.45) is 0 Å². The van der Waals surface area contributed by atoms with Gasteiger partial charge in [-0.1, -0.05) is 0 Å². The summed E-state index contributed by atoms with van der Waals surface area (Å²) in [7, 11) is 0. The maximum atomic E-state index is 12.9. The minimum absolute atomic E-state index is 0.0471. The zero-order valence-electron chi connectivity index (χ0n) is 8.66. The third kappa shape index (κ3) is 1.82. The molecule has 0 spiro atoms. The van der Waals surface area contributed by atoms with E-state index in [2.05, 4.69) is 0 Å². The van der Waals surface area contributed by atoms with Gasteiger partial charge >= 0.3 is 0 Å². The number of benzene rings is 1. The Kier molecular flexibility index (Phi) is 2.48. The SMILES string of the molecule is Cc1ccc(C(=O)c2ccc(F)c(N)c2)o1. The van der Waals surface area contributed by atoms with Gasteiger partial charge < -0.3 is 10.2 Å². The highest BCUT2D eigenvalue weighted by Gasteiger charge is 2.13. The smallest absolute Gasteiger partial charge is 0.228 e. The monoisotopic (exact) mass is 219 g/mol. The molecule has 2 N–H and O–H groups in total. The molecule has 0 aliphatic heterocycles. The van der Waals surface area contributed by atoms with E-state index < -0.39 is 5.82 Å². The predicted octanol–water partition coefficient (Wildman–Crippen LogP) is 2.54. The van der Waals surface area contributed by atoms with Crippen LogP contribution < -0.4 is 5.73 Å². The molecular formula is C12H10FNO2. The molecule has 0 unspecified atom stereocenters. The molecule has 1 heterocycles. The van der Waals surface area contributed by atoms with Crippen molar-refractivity contribution in [1.29, 1.82) is 0 Å². The molecule has 4 heteroatoms. The third-order valence-electron chi connectivity index (χ3n) is 2.22. The molecule has 0 radical (unpaired) electrons. The van der Waals surface area contributed by atoms with Crippen LogP contribution in [0.4, 0.5) is 10.1 Å². The molecule has 2 aromatic rings. The van der Waals surface area contributed by atoms with E-state index in [1.165, 1.54) is 18.2 Å². The molecule has 2 rings (SSSR count). The molecule has 0 aliphatic carbocycles. The second-order valence-corrected chi connectivity index (χ2v) is 3.48. The number of nitrogens with two attached hydrogens (primary N) is 1. The van der Waals surface area contributed by atoms with Crippen molar-refractivity contribution in [1.82, 2.24) is 0 Å². The normalized spacial score (nSPS) is 10.4. The van der Waals surface area contributed by atoms with Gasteiger partial charge in [0, 0.05) is 5.56 Å². The number of hydrogen-bond donors (Lipinski definition) is 1. The van der Waals surface area contributed by atoms with Crippen LogP contribution in [0.1, 0.15) is 21.9 Å². The van der Waals surface area contributed by atoms with Crippen LogP contribution in [0.2, 0.25) is 0 Å². The molecule has 0 saturated carbocycles. The van der Waals surface area contributed by atoms with Crippen LogP contribution >= 0.6 is 0 Å². The summed E-state index contributed by atoms with van der Waals surface area (Å²) >= 11 is 0. The minimum Gasteiger partial charge on any atom is -0.458 e. The Hall–Kier alpha value is -2.10.